The molecular weight excluding hydrogens is 224 g/mol. The number of anilines is 1. The van der Waals surface area contributed by atoms with Gasteiger partial charge in [0.25, 0.3) is 0 Å². The Balaban J connectivity index is 2.10. The van der Waals surface area contributed by atoms with E-state index in [0.717, 1.165) is 19.5 Å². The van der Waals surface area contributed by atoms with E-state index >= 15 is 0 Å². The highest BCUT2D eigenvalue weighted by atomic mass is 15.3. The number of nitrogens with one attached hydrogen (secondary N) is 1. The van der Waals surface area contributed by atoms with Crippen LogP contribution in [0.2, 0.25) is 0 Å². The van der Waals surface area contributed by atoms with Crippen LogP contribution in [0.3, 0.4) is 0 Å². The molecule has 4 nitrogen and oxygen atoms in total. The van der Waals surface area contributed by atoms with Crippen molar-refractivity contribution < 1.29 is 0 Å². The normalized spacial score (nSPS) is 24.6. The molecule has 0 bridgehead atoms. The van der Waals surface area contributed by atoms with Crippen LogP contribution in [0.25, 0.3) is 0 Å². The van der Waals surface area contributed by atoms with Crippen LogP contribution in [-0.2, 0) is 13.5 Å². The summed E-state index contributed by atoms with van der Waals surface area (Å²) in [5.74, 6) is 0. The Morgan fingerprint density at radius 3 is 2.83 bits per heavy atom. The van der Waals surface area contributed by atoms with E-state index in [1.165, 1.54) is 24.2 Å². The van der Waals surface area contributed by atoms with E-state index in [2.05, 4.69) is 42.3 Å². The average Bonchev–Trinajstić information content (AvgIpc) is 2.71. The lowest BCUT2D eigenvalue weighted by Crippen LogP contribution is -2.47. The third kappa shape index (κ3) is 2.69. The molecule has 1 aliphatic heterocycles. The molecule has 0 radical (unpaired) electrons. The van der Waals surface area contributed by atoms with E-state index < -0.39 is 0 Å². The van der Waals surface area contributed by atoms with Gasteiger partial charge in [0.1, 0.15) is 0 Å². The predicted octanol–water partition coefficient (Wildman–Crippen LogP) is 1.95. The lowest BCUT2D eigenvalue weighted by atomic mass is 9.97. The fourth-order valence-corrected chi connectivity index (χ4v) is 3.02. The minimum Gasteiger partial charge on any atom is -0.366 e. The van der Waals surface area contributed by atoms with Crippen LogP contribution in [0, 0.1) is 0 Å². The van der Waals surface area contributed by atoms with Crippen molar-refractivity contribution in [1.29, 1.82) is 0 Å². The summed E-state index contributed by atoms with van der Waals surface area (Å²) < 4.78 is 1.94. The molecule has 1 fully saturated rings. The van der Waals surface area contributed by atoms with Crippen LogP contribution in [0.4, 0.5) is 5.69 Å². The van der Waals surface area contributed by atoms with Crippen molar-refractivity contribution in [2.75, 3.05) is 18.0 Å². The fraction of sp³-hybridized carbons (Fsp3) is 0.786. The number of aromatic nitrogens is 2. The Morgan fingerprint density at radius 2 is 2.22 bits per heavy atom. The summed E-state index contributed by atoms with van der Waals surface area (Å²) in [5, 5.41) is 8.13. The van der Waals surface area contributed by atoms with Crippen LogP contribution in [0.5, 0.6) is 0 Å². The average molecular weight is 250 g/mol. The van der Waals surface area contributed by atoms with Gasteiger partial charge in [-0.2, -0.15) is 5.10 Å². The number of aryl methyl sites for hydroxylation is 2. The summed E-state index contributed by atoms with van der Waals surface area (Å²) in [6.45, 7) is 8.91. The molecule has 1 saturated heterocycles. The standard InChI is InChI=1S/C14H26N4/c1-5-13-14(10-17(4)16-13)18-8-7-12(15-6-2)9-11(18)3/h10-12,15H,5-9H2,1-4H3. The first-order valence-corrected chi connectivity index (χ1v) is 7.18. The van der Waals surface area contributed by atoms with Gasteiger partial charge in [-0.25, -0.2) is 0 Å². The molecule has 1 N–H and O–H groups in total. The molecule has 2 heterocycles. The van der Waals surface area contributed by atoms with Crippen molar-refractivity contribution in [3.05, 3.63) is 11.9 Å². The second-order valence-electron chi connectivity index (χ2n) is 5.31. The minimum absolute atomic E-state index is 0.595. The minimum atomic E-state index is 0.595. The van der Waals surface area contributed by atoms with E-state index in [4.69, 9.17) is 0 Å². The van der Waals surface area contributed by atoms with E-state index in [-0.39, 0.29) is 0 Å². The maximum atomic E-state index is 4.55. The molecule has 2 rings (SSSR count). The van der Waals surface area contributed by atoms with Crippen molar-refractivity contribution >= 4 is 5.69 Å². The summed E-state index contributed by atoms with van der Waals surface area (Å²) >= 11 is 0. The third-order valence-electron chi connectivity index (χ3n) is 3.90. The monoisotopic (exact) mass is 250 g/mol. The first-order chi connectivity index (χ1) is 8.65. The van der Waals surface area contributed by atoms with Crippen LogP contribution in [0.15, 0.2) is 6.20 Å². The molecule has 1 aliphatic rings. The zero-order chi connectivity index (χ0) is 13.1. The van der Waals surface area contributed by atoms with Crippen LogP contribution in [-0.4, -0.2) is 35.0 Å². The summed E-state index contributed by atoms with van der Waals surface area (Å²) in [6, 6.07) is 1.28. The summed E-state index contributed by atoms with van der Waals surface area (Å²) in [7, 11) is 2.01. The zero-order valence-corrected chi connectivity index (χ0v) is 12.1. The van der Waals surface area contributed by atoms with Crippen molar-refractivity contribution in [3.8, 4) is 0 Å². The second-order valence-corrected chi connectivity index (χ2v) is 5.31. The lowest BCUT2D eigenvalue weighted by Gasteiger charge is -2.39. The van der Waals surface area contributed by atoms with Gasteiger partial charge in [-0.15, -0.1) is 0 Å². The number of hydrogen-bond donors (Lipinski definition) is 1. The molecule has 2 atom stereocenters. The first-order valence-electron chi connectivity index (χ1n) is 7.18. The van der Waals surface area contributed by atoms with Crippen LogP contribution in [0.1, 0.15) is 39.3 Å². The van der Waals surface area contributed by atoms with Gasteiger partial charge in [-0.05, 0) is 32.7 Å². The van der Waals surface area contributed by atoms with Gasteiger partial charge in [-0.1, -0.05) is 13.8 Å². The number of hydrogen-bond acceptors (Lipinski definition) is 3. The van der Waals surface area contributed by atoms with E-state index in [0.29, 0.717) is 12.1 Å². The molecule has 0 saturated carbocycles. The molecule has 0 aliphatic carbocycles. The predicted molar refractivity (Wildman–Crippen MR) is 76.1 cm³/mol. The Hall–Kier alpha value is -1.03. The maximum Gasteiger partial charge on any atom is 0.0855 e. The highest BCUT2D eigenvalue weighted by molar-refractivity contribution is 5.50. The van der Waals surface area contributed by atoms with E-state index in [1.807, 2.05) is 11.7 Å². The van der Waals surface area contributed by atoms with Gasteiger partial charge in [0.05, 0.1) is 11.4 Å². The maximum absolute atomic E-state index is 4.55. The number of piperidine rings is 1. The molecule has 0 amide bonds. The van der Waals surface area contributed by atoms with Gasteiger partial charge < -0.3 is 10.2 Å². The highest BCUT2D eigenvalue weighted by Gasteiger charge is 2.27. The molecule has 0 aromatic carbocycles. The van der Waals surface area contributed by atoms with Crippen molar-refractivity contribution in [2.45, 2.75) is 52.1 Å². The van der Waals surface area contributed by atoms with Gasteiger partial charge in [0, 0.05) is 31.9 Å². The van der Waals surface area contributed by atoms with E-state index in [1.54, 1.807) is 0 Å². The third-order valence-corrected chi connectivity index (χ3v) is 3.90. The molecule has 102 valence electrons. The Morgan fingerprint density at radius 1 is 1.44 bits per heavy atom. The van der Waals surface area contributed by atoms with Gasteiger partial charge in [0.2, 0.25) is 0 Å². The SMILES string of the molecule is CCNC1CCN(c2cn(C)nc2CC)C(C)C1. The lowest BCUT2D eigenvalue weighted by molar-refractivity contribution is 0.373. The molecule has 4 heteroatoms. The molecule has 1 aromatic heterocycles. The summed E-state index contributed by atoms with van der Waals surface area (Å²) in [6.07, 6.45) is 5.64. The Kier molecular flexibility index (Phi) is 4.27. The molecule has 2 unspecified atom stereocenters. The molecule has 1 aromatic rings. The quantitative estimate of drug-likeness (QED) is 0.886. The van der Waals surface area contributed by atoms with Gasteiger partial charge in [-0.3, -0.25) is 4.68 Å². The second kappa shape index (κ2) is 5.74. The highest BCUT2D eigenvalue weighted by Crippen LogP contribution is 2.27. The van der Waals surface area contributed by atoms with Crippen LogP contribution < -0.4 is 10.2 Å². The Labute approximate surface area is 110 Å². The Bertz CT molecular complexity index is 385. The number of nitrogens with zero attached hydrogens (tertiary/aromatic N) is 3. The van der Waals surface area contributed by atoms with E-state index in [9.17, 15) is 0 Å². The summed E-state index contributed by atoms with van der Waals surface area (Å²) in [5.41, 5.74) is 2.56. The fourth-order valence-electron chi connectivity index (χ4n) is 3.02. The van der Waals surface area contributed by atoms with Crippen molar-refractivity contribution in [1.82, 2.24) is 15.1 Å². The van der Waals surface area contributed by atoms with Crippen molar-refractivity contribution in [3.63, 3.8) is 0 Å². The number of rotatable bonds is 4. The van der Waals surface area contributed by atoms with Gasteiger partial charge >= 0.3 is 0 Å². The van der Waals surface area contributed by atoms with Crippen molar-refractivity contribution in [2.24, 2.45) is 7.05 Å². The van der Waals surface area contributed by atoms with Gasteiger partial charge in [0.15, 0.2) is 0 Å². The first kappa shape index (κ1) is 13.4. The molecule has 18 heavy (non-hydrogen) atoms. The smallest absolute Gasteiger partial charge is 0.0855 e. The molecule has 0 spiro atoms. The summed E-state index contributed by atoms with van der Waals surface area (Å²) in [4.78, 5) is 2.53. The topological polar surface area (TPSA) is 33.1 Å². The van der Waals surface area contributed by atoms with Crippen LogP contribution >= 0.6 is 0 Å². The largest absolute Gasteiger partial charge is 0.366 e. The molecular formula is C14H26N4. The zero-order valence-electron chi connectivity index (χ0n) is 12.1.